The van der Waals surface area contributed by atoms with Crippen LogP contribution in [0.3, 0.4) is 0 Å². The van der Waals surface area contributed by atoms with E-state index in [9.17, 15) is 22.0 Å². The number of carbonyl (C=O) groups is 1. The summed E-state index contributed by atoms with van der Waals surface area (Å²) in [4.78, 5) is 10.1. The molecule has 0 aliphatic heterocycles. The molecule has 0 atom stereocenters. The smallest absolute Gasteiger partial charge is 0.305 e. The number of hydrogen-bond acceptors (Lipinski definition) is 4. The lowest BCUT2D eigenvalue weighted by atomic mass is 10.4. The summed E-state index contributed by atoms with van der Waals surface area (Å²) < 4.78 is 49.7. The highest BCUT2D eigenvalue weighted by atomic mass is 32.2. The second-order valence-corrected chi connectivity index (χ2v) is 5.80. The predicted molar refractivity (Wildman–Crippen MR) is 60.3 cm³/mol. The van der Waals surface area contributed by atoms with Crippen LogP contribution >= 0.6 is 0 Å². The Morgan fingerprint density at radius 1 is 1.58 bits per heavy atom. The Labute approximate surface area is 108 Å². The summed E-state index contributed by atoms with van der Waals surface area (Å²) in [5.74, 6) is -1.05. The van der Waals surface area contributed by atoms with Crippen LogP contribution in [0.4, 0.5) is 8.78 Å². The molecule has 108 valence electrons. The van der Waals surface area contributed by atoms with Crippen molar-refractivity contribution in [2.75, 3.05) is 13.6 Å². The van der Waals surface area contributed by atoms with E-state index >= 15 is 0 Å². The molecule has 19 heavy (non-hydrogen) atoms. The molecule has 10 heteroatoms. The summed E-state index contributed by atoms with van der Waals surface area (Å²) in [6.45, 7) is -0.911. The number of alkyl halides is 2. The maximum absolute atomic E-state index is 12.2. The van der Waals surface area contributed by atoms with E-state index < -0.39 is 29.0 Å². The van der Waals surface area contributed by atoms with Crippen LogP contribution in [0.5, 0.6) is 0 Å². The van der Waals surface area contributed by atoms with E-state index in [-0.39, 0.29) is 17.9 Å². The van der Waals surface area contributed by atoms with Gasteiger partial charge in [0, 0.05) is 13.2 Å². The molecule has 0 unspecified atom stereocenters. The van der Waals surface area contributed by atoms with E-state index in [0.717, 1.165) is 24.1 Å². The van der Waals surface area contributed by atoms with E-state index in [1.807, 2.05) is 0 Å². The average molecular weight is 297 g/mol. The normalized spacial score (nSPS) is 12.3. The van der Waals surface area contributed by atoms with Crippen molar-refractivity contribution in [1.29, 1.82) is 0 Å². The van der Waals surface area contributed by atoms with Gasteiger partial charge in [0.2, 0.25) is 10.0 Å². The fourth-order valence-electron chi connectivity index (χ4n) is 1.28. The molecule has 0 aromatic carbocycles. The minimum Gasteiger partial charge on any atom is -0.481 e. The minimum absolute atomic E-state index is 0.00339. The second kappa shape index (κ2) is 6.06. The lowest BCUT2D eigenvalue weighted by Gasteiger charge is -2.14. The van der Waals surface area contributed by atoms with Crippen molar-refractivity contribution in [2.45, 2.75) is 24.3 Å². The van der Waals surface area contributed by atoms with Gasteiger partial charge in [-0.1, -0.05) is 0 Å². The van der Waals surface area contributed by atoms with Gasteiger partial charge in [-0.3, -0.25) is 9.48 Å². The van der Waals surface area contributed by atoms with Crippen LogP contribution in [0.15, 0.2) is 17.3 Å². The number of halogens is 2. The first kappa shape index (κ1) is 15.5. The third kappa shape index (κ3) is 4.24. The standard InChI is InChI=1S/C9H13F2N3O4S/c1-13(6-8(10)11)19(17,18)7-4-12-14(5-7)3-2-9(15)16/h4-5,8H,2-3,6H2,1H3,(H,15,16). The number of aromatic nitrogens is 2. The van der Waals surface area contributed by atoms with Gasteiger partial charge in [-0.05, 0) is 0 Å². The van der Waals surface area contributed by atoms with E-state index in [1.54, 1.807) is 0 Å². The van der Waals surface area contributed by atoms with E-state index in [4.69, 9.17) is 5.11 Å². The van der Waals surface area contributed by atoms with Crippen molar-refractivity contribution in [1.82, 2.24) is 14.1 Å². The number of aliphatic carboxylic acids is 1. The van der Waals surface area contributed by atoms with Gasteiger partial charge in [0.1, 0.15) is 4.90 Å². The molecule has 1 aromatic rings. The number of rotatable bonds is 7. The summed E-state index contributed by atoms with van der Waals surface area (Å²) in [5.41, 5.74) is 0. The molecule has 0 saturated carbocycles. The van der Waals surface area contributed by atoms with Crippen molar-refractivity contribution in [3.63, 3.8) is 0 Å². The van der Waals surface area contributed by atoms with Crippen molar-refractivity contribution in [2.24, 2.45) is 0 Å². The second-order valence-electron chi connectivity index (χ2n) is 3.76. The van der Waals surface area contributed by atoms with Crippen LogP contribution in [-0.4, -0.2) is 53.6 Å². The maximum Gasteiger partial charge on any atom is 0.305 e. The van der Waals surface area contributed by atoms with Crippen LogP contribution in [0.1, 0.15) is 6.42 Å². The fourth-order valence-corrected chi connectivity index (χ4v) is 2.39. The summed E-state index contributed by atoms with van der Waals surface area (Å²) in [6, 6.07) is 0. The number of hydrogen-bond donors (Lipinski definition) is 1. The zero-order chi connectivity index (χ0) is 14.6. The molecule has 1 rings (SSSR count). The molecular weight excluding hydrogens is 284 g/mol. The van der Waals surface area contributed by atoms with Crippen LogP contribution in [0, 0.1) is 0 Å². The quantitative estimate of drug-likeness (QED) is 0.778. The minimum atomic E-state index is -4.03. The van der Waals surface area contributed by atoms with Gasteiger partial charge in [-0.2, -0.15) is 9.40 Å². The third-order valence-electron chi connectivity index (χ3n) is 2.27. The number of carboxylic acids is 1. The summed E-state index contributed by atoms with van der Waals surface area (Å²) in [6.07, 6.45) is -0.880. The van der Waals surface area contributed by atoms with Crippen molar-refractivity contribution in [3.8, 4) is 0 Å². The summed E-state index contributed by atoms with van der Waals surface area (Å²) >= 11 is 0. The van der Waals surface area contributed by atoms with E-state index in [1.165, 1.54) is 0 Å². The van der Waals surface area contributed by atoms with E-state index in [0.29, 0.717) is 4.31 Å². The van der Waals surface area contributed by atoms with Gasteiger partial charge in [0.15, 0.2) is 0 Å². The molecule has 0 aliphatic carbocycles. The molecule has 0 aliphatic rings. The zero-order valence-electron chi connectivity index (χ0n) is 10.0. The number of carboxylic acid groups (broad SMARTS) is 1. The number of aryl methyl sites for hydroxylation is 1. The summed E-state index contributed by atoms with van der Waals surface area (Å²) in [7, 11) is -2.99. The first-order valence-electron chi connectivity index (χ1n) is 5.22. The Morgan fingerprint density at radius 2 is 2.21 bits per heavy atom. The Kier molecular flexibility index (Phi) is 4.95. The lowest BCUT2D eigenvalue weighted by Crippen LogP contribution is -2.31. The molecule has 0 spiro atoms. The largest absolute Gasteiger partial charge is 0.481 e. The van der Waals surface area contributed by atoms with Gasteiger partial charge in [0.05, 0.1) is 25.7 Å². The topological polar surface area (TPSA) is 92.5 Å². The van der Waals surface area contributed by atoms with Gasteiger partial charge in [-0.25, -0.2) is 17.2 Å². The molecule has 0 fully saturated rings. The maximum atomic E-state index is 12.2. The molecule has 7 nitrogen and oxygen atoms in total. The molecule has 1 heterocycles. The zero-order valence-corrected chi connectivity index (χ0v) is 10.8. The van der Waals surface area contributed by atoms with Gasteiger partial charge >= 0.3 is 5.97 Å². The van der Waals surface area contributed by atoms with Gasteiger partial charge in [0.25, 0.3) is 6.43 Å². The Morgan fingerprint density at radius 3 is 2.74 bits per heavy atom. The molecule has 0 amide bonds. The van der Waals surface area contributed by atoms with Crippen LogP contribution < -0.4 is 0 Å². The Balaban J connectivity index is 2.82. The lowest BCUT2D eigenvalue weighted by molar-refractivity contribution is -0.137. The summed E-state index contributed by atoms with van der Waals surface area (Å²) in [5, 5.41) is 12.2. The molecule has 1 aromatic heterocycles. The van der Waals surface area contributed by atoms with Gasteiger partial charge in [-0.15, -0.1) is 0 Å². The molecular formula is C9H13F2N3O4S. The highest BCUT2D eigenvalue weighted by Gasteiger charge is 2.25. The SMILES string of the molecule is CN(CC(F)F)S(=O)(=O)c1cnn(CCC(=O)O)c1. The van der Waals surface area contributed by atoms with Crippen molar-refractivity contribution >= 4 is 16.0 Å². The highest BCUT2D eigenvalue weighted by Crippen LogP contribution is 2.14. The van der Waals surface area contributed by atoms with Crippen LogP contribution in [0.2, 0.25) is 0 Å². The monoisotopic (exact) mass is 297 g/mol. The molecule has 1 N–H and O–H groups in total. The highest BCUT2D eigenvalue weighted by molar-refractivity contribution is 7.89. The molecule has 0 radical (unpaired) electrons. The predicted octanol–water partition coefficient (Wildman–Crippen LogP) is 0.243. The third-order valence-corrected chi connectivity index (χ3v) is 4.04. The number of nitrogens with zero attached hydrogens (tertiary/aromatic N) is 3. The Hall–Kier alpha value is -1.55. The van der Waals surface area contributed by atoms with Crippen molar-refractivity contribution in [3.05, 3.63) is 12.4 Å². The molecule has 0 bridgehead atoms. The van der Waals surface area contributed by atoms with E-state index in [2.05, 4.69) is 5.10 Å². The first-order valence-corrected chi connectivity index (χ1v) is 6.66. The van der Waals surface area contributed by atoms with Gasteiger partial charge < -0.3 is 5.11 Å². The Bertz CT molecular complexity index is 543. The van der Waals surface area contributed by atoms with Crippen LogP contribution in [-0.2, 0) is 21.4 Å². The number of sulfonamides is 1. The average Bonchev–Trinajstić information content (AvgIpc) is 2.74. The van der Waals surface area contributed by atoms with Crippen LogP contribution in [0.25, 0.3) is 0 Å². The molecule has 0 saturated heterocycles. The fraction of sp³-hybridized carbons (Fsp3) is 0.556. The first-order chi connectivity index (χ1) is 8.73. The van der Waals surface area contributed by atoms with Crippen molar-refractivity contribution < 1.29 is 27.1 Å².